The highest BCUT2D eigenvalue weighted by atomic mass is 35.5. The number of aromatic nitrogens is 1. The molecular formula is C23H26ClN5. The number of nitrogens with one attached hydrogen (secondary N) is 1. The summed E-state index contributed by atoms with van der Waals surface area (Å²) < 4.78 is 0. The minimum Gasteiger partial charge on any atom is -0.369 e. The van der Waals surface area contributed by atoms with Crippen molar-refractivity contribution in [1.29, 1.82) is 0 Å². The first-order valence-electron chi connectivity index (χ1n) is 9.91. The lowest BCUT2D eigenvalue weighted by molar-refractivity contribution is 0.313. The Morgan fingerprint density at radius 3 is 2.48 bits per heavy atom. The first-order chi connectivity index (χ1) is 14.0. The number of fused-ring (bicyclic) bond motifs is 1. The van der Waals surface area contributed by atoms with E-state index in [0.29, 0.717) is 0 Å². The number of benzene rings is 2. The Morgan fingerprint density at radius 1 is 1.03 bits per heavy atom. The average molecular weight is 408 g/mol. The molecule has 150 valence electrons. The lowest BCUT2D eigenvalue weighted by atomic mass is 10.1. The fourth-order valence-corrected chi connectivity index (χ4v) is 3.78. The third kappa shape index (κ3) is 4.52. The number of nitrogens with zero attached hydrogens (tertiary/aromatic N) is 4. The van der Waals surface area contributed by atoms with Gasteiger partial charge in [0.1, 0.15) is 5.82 Å². The molecule has 1 fully saturated rings. The Bertz CT molecular complexity index is 1040. The Balaban J connectivity index is 1.47. The molecule has 0 unspecified atom stereocenters. The number of piperazine rings is 1. The van der Waals surface area contributed by atoms with Crippen molar-refractivity contribution in [3.8, 4) is 0 Å². The van der Waals surface area contributed by atoms with E-state index >= 15 is 0 Å². The van der Waals surface area contributed by atoms with Crippen LogP contribution >= 0.6 is 11.6 Å². The lowest BCUT2D eigenvalue weighted by Gasteiger charge is -2.34. The van der Waals surface area contributed by atoms with Gasteiger partial charge in [-0.1, -0.05) is 23.7 Å². The molecule has 3 aromatic rings. The maximum absolute atomic E-state index is 6.10. The van der Waals surface area contributed by atoms with Crippen LogP contribution in [-0.2, 0) is 0 Å². The van der Waals surface area contributed by atoms with Crippen LogP contribution in [0.5, 0.6) is 0 Å². The van der Waals surface area contributed by atoms with Crippen molar-refractivity contribution in [3.63, 3.8) is 0 Å². The first-order valence-corrected chi connectivity index (χ1v) is 10.3. The van der Waals surface area contributed by atoms with Gasteiger partial charge in [-0.3, -0.25) is 5.43 Å². The predicted octanol–water partition coefficient (Wildman–Crippen LogP) is 4.78. The van der Waals surface area contributed by atoms with Crippen LogP contribution < -0.4 is 10.3 Å². The Labute approximate surface area is 177 Å². The number of hydrogen-bond acceptors (Lipinski definition) is 5. The summed E-state index contributed by atoms with van der Waals surface area (Å²) in [5.41, 5.74) is 8.41. The molecule has 4 rings (SSSR count). The zero-order valence-corrected chi connectivity index (χ0v) is 17.9. The maximum atomic E-state index is 6.10. The molecule has 1 aliphatic rings. The van der Waals surface area contributed by atoms with E-state index in [2.05, 4.69) is 63.5 Å². The molecule has 0 spiro atoms. The number of aryl methyl sites for hydroxylation is 1. The number of halogens is 1. The summed E-state index contributed by atoms with van der Waals surface area (Å²) >= 11 is 6.10. The summed E-state index contributed by atoms with van der Waals surface area (Å²) in [4.78, 5) is 9.44. The molecule has 5 nitrogen and oxygen atoms in total. The highest BCUT2D eigenvalue weighted by Gasteiger charge is 2.14. The molecule has 0 aliphatic carbocycles. The van der Waals surface area contributed by atoms with Gasteiger partial charge in [0.2, 0.25) is 0 Å². The minimum atomic E-state index is 0.719. The van der Waals surface area contributed by atoms with Crippen molar-refractivity contribution < 1.29 is 0 Å². The molecule has 0 radical (unpaired) electrons. The minimum absolute atomic E-state index is 0.719. The number of pyridine rings is 1. The molecule has 2 aromatic carbocycles. The summed E-state index contributed by atoms with van der Waals surface area (Å²) in [6, 6.07) is 16.4. The fourth-order valence-electron chi connectivity index (χ4n) is 3.61. The molecule has 1 N–H and O–H groups in total. The summed E-state index contributed by atoms with van der Waals surface area (Å²) in [7, 11) is 2.17. The van der Waals surface area contributed by atoms with E-state index in [0.717, 1.165) is 64.8 Å². The number of likely N-dealkylation sites (N-methyl/N-ethyl adjacent to an activating group) is 1. The van der Waals surface area contributed by atoms with Crippen LogP contribution in [0.15, 0.2) is 53.6 Å². The third-order valence-electron chi connectivity index (χ3n) is 5.47. The largest absolute Gasteiger partial charge is 0.369 e. The topological polar surface area (TPSA) is 43.8 Å². The van der Waals surface area contributed by atoms with E-state index in [1.807, 2.05) is 31.2 Å². The molecular weight excluding hydrogens is 382 g/mol. The van der Waals surface area contributed by atoms with Crippen molar-refractivity contribution >= 4 is 39.7 Å². The van der Waals surface area contributed by atoms with E-state index < -0.39 is 0 Å². The van der Waals surface area contributed by atoms with Crippen LogP contribution in [-0.4, -0.2) is 48.8 Å². The smallest absolute Gasteiger partial charge is 0.147 e. The quantitative estimate of drug-likeness (QED) is 0.499. The van der Waals surface area contributed by atoms with Crippen molar-refractivity contribution in [3.05, 3.63) is 64.7 Å². The standard InChI is InChI=1S/C23H26ClN5/c1-16-14-23(25-22-9-6-19(24)15-21(16)22)27-26-17(2)18-4-7-20(8-5-18)29-12-10-28(3)11-13-29/h4-9,14-15H,10-13H2,1-3H3,(H,25,27). The summed E-state index contributed by atoms with van der Waals surface area (Å²) in [6.07, 6.45) is 0. The van der Waals surface area contributed by atoms with Gasteiger partial charge in [-0.05, 0) is 68.4 Å². The summed E-state index contributed by atoms with van der Waals surface area (Å²) in [5, 5.41) is 6.32. The SMILES string of the molecule is CC(=NNc1cc(C)c2cc(Cl)ccc2n1)c1ccc(N2CCN(C)CC2)cc1. The van der Waals surface area contributed by atoms with Gasteiger partial charge in [0.15, 0.2) is 0 Å². The Hall–Kier alpha value is -2.63. The Kier molecular flexibility index (Phi) is 5.69. The zero-order chi connectivity index (χ0) is 20.4. The van der Waals surface area contributed by atoms with Crippen molar-refractivity contribution in [2.45, 2.75) is 13.8 Å². The molecule has 6 heteroatoms. The predicted molar refractivity (Wildman–Crippen MR) is 123 cm³/mol. The van der Waals surface area contributed by atoms with Crippen LogP contribution in [0.1, 0.15) is 18.1 Å². The number of rotatable bonds is 4. The van der Waals surface area contributed by atoms with E-state index in [4.69, 9.17) is 11.6 Å². The van der Waals surface area contributed by atoms with Gasteiger partial charge in [-0.25, -0.2) is 4.98 Å². The van der Waals surface area contributed by atoms with Crippen molar-refractivity contribution in [2.24, 2.45) is 5.10 Å². The van der Waals surface area contributed by atoms with Gasteiger partial charge in [-0.15, -0.1) is 0 Å². The monoisotopic (exact) mass is 407 g/mol. The van der Waals surface area contributed by atoms with Gasteiger partial charge in [0, 0.05) is 42.3 Å². The van der Waals surface area contributed by atoms with Crippen LogP contribution in [0.3, 0.4) is 0 Å². The van der Waals surface area contributed by atoms with E-state index in [-0.39, 0.29) is 0 Å². The summed E-state index contributed by atoms with van der Waals surface area (Å²) in [5.74, 6) is 0.728. The molecule has 1 aliphatic heterocycles. The summed E-state index contributed by atoms with van der Waals surface area (Å²) in [6.45, 7) is 8.42. The molecule has 29 heavy (non-hydrogen) atoms. The highest BCUT2D eigenvalue weighted by Crippen LogP contribution is 2.24. The number of hydrazone groups is 1. The molecule has 1 aromatic heterocycles. The third-order valence-corrected chi connectivity index (χ3v) is 5.70. The molecule has 0 atom stereocenters. The normalized spacial score (nSPS) is 15.7. The van der Waals surface area contributed by atoms with Gasteiger partial charge >= 0.3 is 0 Å². The lowest BCUT2D eigenvalue weighted by Crippen LogP contribution is -2.44. The van der Waals surface area contributed by atoms with Gasteiger partial charge in [0.05, 0.1) is 11.2 Å². The van der Waals surface area contributed by atoms with E-state index in [9.17, 15) is 0 Å². The van der Waals surface area contributed by atoms with E-state index in [1.165, 1.54) is 5.69 Å². The fraction of sp³-hybridized carbons (Fsp3) is 0.304. The zero-order valence-electron chi connectivity index (χ0n) is 17.1. The highest BCUT2D eigenvalue weighted by molar-refractivity contribution is 6.31. The van der Waals surface area contributed by atoms with Crippen LogP contribution in [0, 0.1) is 6.92 Å². The van der Waals surface area contributed by atoms with Crippen LogP contribution in [0.4, 0.5) is 11.5 Å². The number of anilines is 2. The van der Waals surface area contributed by atoms with Gasteiger partial charge in [-0.2, -0.15) is 5.10 Å². The average Bonchev–Trinajstić information content (AvgIpc) is 2.73. The Morgan fingerprint density at radius 2 is 1.76 bits per heavy atom. The molecule has 0 bridgehead atoms. The molecule has 2 heterocycles. The first kappa shape index (κ1) is 19.7. The van der Waals surface area contributed by atoms with Crippen molar-refractivity contribution in [1.82, 2.24) is 9.88 Å². The number of hydrogen-bond donors (Lipinski definition) is 1. The maximum Gasteiger partial charge on any atom is 0.147 e. The van der Waals surface area contributed by atoms with E-state index in [1.54, 1.807) is 0 Å². The van der Waals surface area contributed by atoms with Crippen molar-refractivity contribution in [2.75, 3.05) is 43.6 Å². The second-order valence-electron chi connectivity index (χ2n) is 7.63. The van der Waals surface area contributed by atoms with Gasteiger partial charge < -0.3 is 9.80 Å². The van der Waals surface area contributed by atoms with Crippen LogP contribution in [0.2, 0.25) is 5.02 Å². The molecule has 0 saturated carbocycles. The molecule has 1 saturated heterocycles. The van der Waals surface area contributed by atoms with Crippen LogP contribution in [0.25, 0.3) is 10.9 Å². The van der Waals surface area contributed by atoms with Gasteiger partial charge in [0.25, 0.3) is 0 Å². The second kappa shape index (κ2) is 8.39. The second-order valence-corrected chi connectivity index (χ2v) is 8.07. The molecule has 0 amide bonds.